The summed E-state index contributed by atoms with van der Waals surface area (Å²) >= 11 is 0. The molecule has 0 unspecified atom stereocenters. The average Bonchev–Trinajstić information content (AvgIpc) is 2.35. The van der Waals surface area contributed by atoms with E-state index in [-0.39, 0.29) is 11.3 Å². The van der Waals surface area contributed by atoms with Gasteiger partial charge in [0.25, 0.3) is 0 Å². The van der Waals surface area contributed by atoms with Crippen LogP contribution in [0.15, 0.2) is 18.2 Å². The quantitative estimate of drug-likeness (QED) is 0.889. The number of rotatable bonds is 3. The second-order valence-corrected chi connectivity index (χ2v) is 6.47. The zero-order chi connectivity index (χ0) is 17.1. The van der Waals surface area contributed by atoms with E-state index in [4.69, 9.17) is 9.84 Å². The zero-order valence-corrected chi connectivity index (χ0v) is 13.4. The highest BCUT2D eigenvalue weighted by Crippen LogP contribution is 2.27. The van der Waals surface area contributed by atoms with E-state index in [0.717, 1.165) is 0 Å². The maximum absolute atomic E-state index is 11.8. The predicted octanol–water partition coefficient (Wildman–Crippen LogP) is 3.53. The van der Waals surface area contributed by atoms with Crippen LogP contribution < -0.4 is 5.32 Å². The molecule has 6 nitrogen and oxygen atoms in total. The summed E-state index contributed by atoms with van der Waals surface area (Å²) in [6.45, 7) is 8.52. The Bertz CT molecular complexity index is 637. The Balaban J connectivity index is 3.18. The molecule has 0 radical (unpaired) electrons. The van der Waals surface area contributed by atoms with Gasteiger partial charge in [-0.1, -0.05) is 0 Å². The highest BCUT2D eigenvalue weighted by Gasteiger charge is 2.23. The summed E-state index contributed by atoms with van der Waals surface area (Å²) in [5, 5.41) is 20.9. The Labute approximate surface area is 129 Å². The van der Waals surface area contributed by atoms with Gasteiger partial charge in [-0.3, -0.25) is 5.32 Å². The Hall–Kier alpha value is -2.55. The lowest BCUT2D eigenvalue weighted by molar-refractivity contribution is 0.0632. The van der Waals surface area contributed by atoms with Crippen LogP contribution in [0.5, 0.6) is 0 Å². The molecule has 1 aromatic carbocycles. The molecule has 1 aromatic rings. The molecule has 0 aromatic heterocycles. The standard InChI is InChI=1S/C16H20N2O4/c1-15(2,3)22-14(21)18-12-7-10(13(19)20)6-11(8-12)16(4,5)9-17/h6-8H,1-5H3,(H,18,21)(H,19,20). The molecule has 0 aliphatic carbocycles. The molecule has 2 N–H and O–H groups in total. The first-order valence-corrected chi connectivity index (χ1v) is 6.75. The number of hydrogen-bond acceptors (Lipinski definition) is 4. The van der Waals surface area contributed by atoms with Crippen LogP contribution >= 0.6 is 0 Å². The van der Waals surface area contributed by atoms with Gasteiger partial charge in [-0.15, -0.1) is 0 Å². The van der Waals surface area contributed by atoms with Crippen molar-refractivity contribution in [3.8, 4) is 6.07 Å². The van der Waals surface area contributed by atoms with E-state index >= 15 is 0 Å². The van der Waals surface area contributed by atoms with Crippen molar-refractivity contribution >= 4 is 17.7 Å². The van der Waals surface area contributed by atoms with Crippen LogP contribution in [0, 0.1) is 11.3 Å². The fourth-order valence-electron chi connectivity index (χ4n) is 1.67. The minimum atomic E-state index is -1.14. The average molecular weight is 304 g/mol. The third-order valence-corrected chi connectivity index (χ3v) is 2.83. The van der Waals surface area contributed by atoms with Crippen molar-refractivity contribution in [3.63, 3.8) is 0 Å². The van der Waals surface area contributed by atoms with Crippen LogP contribution in [0.25, 0.3) is 0 Å². The van der Waals surface area contributed by atoms with Crippen LogP contribution in [-0.2, 0) is 10.2 Å². The molecule has 0 spiro atoms. The van der Waals surface area contributed by atoms with Crippen LogP contribution in [0.1, 0.15) is 50.5 Å². The maximum Gasteiger partial charge on any atom is 0.412 e. The molecule has 0 atom stereocenters. The SMILES string of the molecule is CC(C)(C)OC(=O)Nc1cc(C(=O)O)cc(C(C)(C)C#N)c1. The molecule has 0 aliphatic heterocycles. The van der Waals surface area contributed by atoms with Crippen LogP contribution in [-0.4, -0.2) is 22.8 Å². The van der Waals surface area contributed by atoms with Crippen LogP contribution in [0.2, 0.25) is 0 Å². The Morgan fingerprint density at radius 1 is 1.18 bits per heavy atom. The second-order valence-electron chi connectivity index (χ2n) is 6.47. The molecule has 22 heavy (non-hydrogen) atoms. The van der Waals surface area contributed by atoms with E-state index in [2.05, 4.69) is 11.4 Å². The summed E-state index contributed by atoms with van der Waals surface area (Å²) < 4.78 is 5.13. The number of carboxylic acids is 1. The van der Waals surface area contributed by atoms with Gasteiger partial charge in [0.15, 0.2) is 0 Å². The first kappa shape index (κ1) is 17.5. The number of carbonyl (C=O) groups excluding carboxylic acids is 1. The summed E-state index contributed by atoms with van der Waals surface area (Å²) in [6, 6.07) is 6.42. The van der Waals surface area contributed by atoms with Gasteiger partial charge in [0.2, 0.25) is 0 Å². The van der Waals surface area contributed by atoms with E-state index in [0.29, 0.717) is 5.56 Å². The largest absolute Gasteiger partial charge is 0.478 e. The van der Waals surface area contributed by atoms with Gasteiger partial charge in [-0.25, -0.2) is 9.59 Å². The molecule has 0 saturated carbocycles. The number of amides is 1. The molecule has 0 heterocycles. The number of ether oxygens (including phenoxy) is 1. The smallest absolute Gasteiger partial charge is 0.412 e. The number of aromatic carboxylic acids is 1. The summed E-state index contributed by atoms with van der Waals surface area (Å²) in [4.78, 5) is 23.0. The normalized spacial score (nSPS) is 11.5. The fourth-order valence-corrected chi connectivity index (χ4v) is 1.67. The fraction of sp³-hybridized carbons (Fsp3) is 0.438. The van der Waals surface area contributed by atoms with Gasteiger partial charge in [-0.05, 0) is 58.4 Å². The van der Waals surface area contributed by atoms with Crippen molar-refractivity contribution < 1.29 is 19.4 Å². The molecule has 0 fully saturated rings. The predicted molar refractivity (Wildman–Crippen MR) is 81.9 cm³/mol. The van der Waals surface area contributed by atoms with Gasteiger partial charge in [0, 0.05) is 5.69 Å². The van der Waals surface area contributed by atoms with E-state index in [1.807, 2.05) is 0 Å². The molecule has 1 rings (SSSR count). The number of benzene rings is 1. The van der Waals surface area contributed by atoms with Gasteiger partial charge in [0.1, 0.15) is 5.60 Å². The first-order chi connectivity index (χ1) is 9.94. The van der Waals surface area contributed by atoms with Gasteiger partial charge < -0.3 is 9.84 Å². The minimum absolute atomic E-state index is 0.00752. The van der Waals surface area contributed by atoms with E-state index in [1.165, 1.54) is 12.1 Å². The Morgan fingerprint density at radius 2 is 1.77 bits per heavy atom. The number of nitriles is 1. The van der Waals surface area contributed by atoms with Crippen molar-refractivity contribution in [2.45, 2.75) is 45.6 Å². The number of nitrogens with zero attached hydrogens (tertiary/aromatic N) is 1. The Kier molecular flexibility index (Phi) is 4.82. The van der Waals surface area contributed by atoms with Gasteiger partial charge in [0.05, 0.1) is 17.0 Å². The lowest BCUT2D eigenvalue weighted by Crippen LogP contribution is -2.27. The van der Waals surface area contributed by atoms with Crippen molar-refractivity contribution in [2.24, 2.45) is 0 Å². The number of nitrogens with one attached hydrogen (secondary N) is 1. The number of carbonyl (C=O) groups is 2. The molecule has 0 bridgehead atoms. The summed E-state index contributed by atoms with van der Waals surface area (Å²) in [5.74, 6) is -1.14. The maximum atomic E-state index is 11.8. The van der Waals surface area contributed by atoms with E-state index < -0.39 is 23.1 Å². The van der Waals surface area contributed by atoms with Crippen molar-refractivity contribution in [1.29, 1.82) is 5.26 Å². The second kappa shape index (κ2) is 6.06. The third-order valence-electron chi connectivity index (χ3n) is 2.83. The lowest BCUT2D eigenvalue weighted by Gasteiger charge is -2.21. The summed E-state index contributed by atoms with van der Waals surface area (Å²) in [6.07, 6.45) is -0.684. The molecule has 0 saturated heterocycles. The van der Waals surface area contributed by atoms with E-state index in [1.54, 1.807) is 40.7 Å². The first-order valence-electron chi connectivity index (χ1n) is 6.75. The number of hydrogen-bond donors (Lipinski definition) is 2. The minimum Gasteiger partial charge on any atom is -0.478 e. The van der Waals surface area contributed by atoms with Gasteiger partial charge >= 0.3 is 12.1 Å². The van der Waals surface area contributed by atoms with Crippen LogP contribution in [0.4, 0.5) is 10.5 Å². The van der Waals surface area contributed by atoms with E-state index in [9.17, 15) is 14.9 Å². The molecular formula is C16H20N2O4. The lowest BCUT2D eigenvalue weighted by atomic mass is 9.85. The molecular weight excluding hydrogens is 284 g/mol. The third kappa shape index (κ3) is 4.77. The molecule has 118 valence electrons. The summed E-state index contributed by atoms with van der Waals surface area (Å²) in [5.41, 5.74) is -0.778. The highest BCUT2D eigenvalue weighted by atomic mass is 16.6. The van der Waals surface area contributed by atoms with Crippen molar-refractivity contribution in [3.05, 3.63) is 29.3 Å². The zero-order valence-electron chi connectivity index (χ0n) is 13.4. The number of anilines is 1. The van der Waals surface area contributed by atoms with Crippen LogP contribution in [0.3, 0.4) is 0 Å². The van der Waals surface area contributed by atoms with Gasteiger partial charge in [-0.2, -0.15) is 5.26 Å². The highest BCUT2D eigenvalue weighted by molar-refractivity contribution is 5.92. The topological polar surface area (TPSA) is 99.4 Å². The Morgan fingerprint density at radius 3 is 2.23 bits per heavy atom. The molecule has 6 heteroatoms. The number of carboxylic acid groups (broad SMARTS) is 1. The molecule has 1 amide bonds. The van der Waals surface area contributed by atoms with Crippen molar-refractivity contribution in [2.75, 3.05) is 5.32 Å². The monoisotopic (exact) mass is 304 g/mol. The molecule has 0 aliphatic rings. The summed E-state index contributed by atoms with van der Waals surface area (Å²) in [7, 11) is 0. The van der Waals surface area contributed by atoms with Crippen molar-refractivity contribution in [1.82, 2.24) is 0 Å².